The molecule has 10 nitrogen and oxygen atoms in total. The molecule has 4 rings (SSSR count). The number of ether oxygens (including phenoxy) is 1. The van der Waals surface area contributed by atoms with Gasteiger partial charge in [0.1, 0.15) is 5.60 Å². The van der Waals surface area contributed by atoms with Gasteiger partial charge >= 0.3 is 6.09 Å². The molecule has 0 radical (unpaired) electrons. The van der Waals surface area contributed by atoms with E-state index in [0.717, 1.165) is 4.90 Å². The van der Waals surface area contributed by atoms with Gasteiger partial charge < -0.3 is 15.0 Å². The second kappa shape index (κ2) is 8.77. The lowest BCUT2D eigenvalue weighted by Crippen LogP contribution is -2.46. The fourth-order valence-electron chi connectivity index (χ4n) is 4.26. The SMILES string of the molecule is CN(C)CCN1C(=O)c2ccc3c4c(ccc(c24)C1=O)C(=O)N(CCNC(=O)OC(C)(C)C)C3=O. The molecule has 10 heteroatoms. The highest BCUT2D eigenvalue weighted by molar-refractivity contribution is 6.33. The normalized spacial score (nSPS) is 15.4. The van der Waals surface area contributed by atoms with Crippen molar-refractivity contribution in [3.05, 3.63) is 46.5 Å². The van der Waals surface area contributed by atoms with Crippen molar-refractivity contribution < 1.29 is 28.7 Å². The number of alkyl carbamates (subject to hydrolysis) is 1. The second-order valence-electron chi connectivity index (χ2n) is 9.83. The first-order chi connectivity index (χ1) is 16.4. The van der Waals surface area contributed by atoms with Gasteiger partial charge in [-0.05, 0) is 59.1 Å². The maximum atomic E-state index is 13.2. The van der Waals surface area contributed by atoms with E-state index in [1.54, 1.807) is 20.8 Å². The van der Waals surface area contributed by atoms with E-state index in [0.29, 0.717) is 28.4 Å². The third kappa shape index (κ3) is 4.37. The van der Waals surface area contributed by atoms with Crippen molar-refractivity contribution in [2.45, 2.75) is 26.4 Å². The molecule has 184 valence electrons. The van der Waals surface area contributed by atoms with Crippen LogP contribution in [0, 0.1) is 0 Å². The van der Waals surface area contributed by atoms with Gasteiger partial charge in [0.25, 0.3) is 23.6 Å². The summed E-state index contributed by atoms with van der Waals surface area (Å²) in [6.07, 6.45) is -0.649. The predicted octanol–water partition coefficient (Wildman–Crippen LogP) is 2.12. The summed E-state index contributed by atoms with van der Waals surface area (Å²) in [4.78, 5) is 68.8. The zero-order valence-corrected chi connectivity index (χ0v) is 20.4. The van der Waals surface area contributed by atoms with Crippen molar-refractivity contribution in [2.24, 2.45) is 0 Å². The maximum Gasteiger partial charge on any atom is 0.407 e. The number of hydrogen-bond donors (Lipinski definition) is 1. The number of imide groups is 2. The van der Waals surface area contributed by atoms with Crippen LogP contribution in [0.2, 0.25) is 0 Å². The van der Waals surface area contributed by atoms with Gasteiger partial charge in [0.2, 0.25) is 0 Å². The van der Waals surface area contributed by atoms with Gasteiger partial charge in [-0.2, -0.15) is 0 Å². The van der Waals surface area contributed by atoms with Crippen LogP contribution in [0.15, 0.2) is 24.3 Å². The van der Waals surface area contributed by atoms with Crippen LogP contribution in [-0.4, -0.2) is 90.3 Å². The summed E-state index contributed by atoms with van der Waals surface area (Å²) in [7, 11) is 3.70. The van der Waals surface area contributed by atoms with Crippen molar-refractivity contribution in [2.75, 3.05) is 40.3 Å². The molecule has 0 saturated heterocycles. The third-order valence-electron chi connectivity index (χ3n) is 5.84. The number of likely N-dealkylation sites (N-methyl/N-ethyl adjacent to an activating group) is 1. The molecular weight excluding hydrogens is 452 g/mol. The number of nitrogens with one attached hydrogen (secondary N) is 1. The van der Waals surface area contributed by atoms with Gasteiger partial charge in [0.05, 0.1) is 0 Å². The lowest BCUT2D eigenvalue weighted by atomic mass is 9.86. The molecule has 5 amide bonds. The molecule has 2 aromatic carbocycles. The van der Waals surface area contributed by atoms with E-state index in [2.05, 4.69) is 5.32 Å². The van der Waals surface area contributed by atoms with Gasteiger partial charge in [-0.3, -0.25) is 29.0 Å². The maximum absolute atomic E-state index is 13.2. The molecule has 0 saturated carbocycles. The van der Waals surface area contributed by atoms with E-state index >= 15 is 0 Å². The standard InChI is InChI=1S/C25H28N4O6/c1-25(2,3)35-24(34)26-10-11-28-20(30)14-6-8-16-19-17(9-7-15(18(14)19)21(28)31)23(33)29(22(16)32)13-12-27(4)5/h6-9H,10-13H2,1-5H3,(H,26,34). The summed E-state index contributed by atoms with van der Waals surface area (Å²) < 4.78 is 5.18. The highest BCUT2D eigenvalue weighted by Crippen LogP contribution is 2.37. The largest absolute Gasteiger partial charge is 0.444 e. The summed E-state index contributed by atoms with van der Waals surface area (Å²) in [6.45, 7) is 5.89. The van der Waals surface area contributed by atoms with Crippen LogP contribution in [0.25, 0.3) is 10.8 Å². The van der Waals surface area contributed by atoms with Crippen molar-refractivity contribution in [3.8, 4) is 0 Å². The number of carbonyl (C=O) groups excluding carboxylic acids is 5. The third-order valence-corrected chi connectivity index (χ3v) is 5.84. The zero-order valence-electron chi connectivity index (χ0n) is 20.4. The van der Waals surface area contributed by atoms with Crippen LogP contribution in [0.4, 0.5) is 4.79 Å². The van der Waals surface area contributed by atoms with Gasteiger partial charge in [0.15, 0.2) is 0 Å². The molecule has 0 unspecified atom stereocenters. The fourth-order valence-corrected chi connectivity index (χ4v) is 4.26. The quantitative estimate of drug-likeness (QED) is 0.630. The number of nitrogens with zero attached hydrogens (tertiary/aromatic N) is 3. The zero-order chi connectivity index (χ0) is 25.7. The van der Waals surface area contributed by atoms with E-state index < -0.39 is 35.3 Å². The summed E-state index contributed by atoms with van der Waals surface area (Å²) in [6, 6.07) is 6.11. The molecule has 1 N–H and O–H groups in total. The van der Waals surface area contributed by atoms with E-state index in [4.69, 9.17) is 4.74 Å². The van der Waals surface area contributed by atoms with Crippen LogP contribution in [0.5, 0.6) is 0 Å². The van der Waals surface area contributed by atoms with Gasteiger partial charge in [-0.15, -0.1) is 0 Å². The van der Waals surface area contributed by atoms with E-state index in [1.165, 1.54) is 29.2 Å². The van der Waals surface area contributed by atoms with Crippen molar-refractivity contribution in [3.63, 3.8) is 0 Å². The Balaban J connectivity index is 1.64. The van der Waals surface area contributed by atoms with Gasteiger partial charge in [0, 0.05) is 59.2 Å². The Hall–Kier alpha value is -3.79. The first-order valence-corrected chi connectivity index (χ1v) is 11.3. The number of hydrogen-bond acceptors (Lipinski definition) is 7. The lowest BCUT2D eigenvalue weighted by molar-refractivity contribution is 0.0496. The van der Waals surface area contributed by atoms with Crippen LogP contribution in [-0.2, 0) is 4.74 Å². The lowest BCUT2D eigenvalue weighted by Gasteiger charge is -2.32. The molecule has 2 heterocycles. The Morgan fingerprint density at radius 2 is 1.20 bits per heavy atom. The number of rotatable bonds is 6. The number of amides is 5. The highest BCUT2D eigenvalue weighted by Gasteiger charge is 2.39. The Morgan fingerprint density at radius 1 is 0.800 bits per heavy atom. The molecule has 2 aliphatic rings. The smallest absolute Gasteiger partial charge is 0.407 e. The Bertz CT molecular complexity index is 1210. The van der Waals surface area contributed by atoms with E-state index in [-0.39, 0.29) is 30.8 Å². The Kier molecular flexibility index (Phi) is 6.10. The summed E-state index contributed by atoms with van der Waals surface area (Å²) in [5, 5.41) is 3.20. The Morgan fingerprint density at radius 3 is 1.57 bits per heavy atom. The first-order valence-electron chi connectivity index (χ1n) is 11.3. The van der Waals surface area contributed by atoms with E-state index in [1.807, 2.05) is 19.0 Å². The second-order valence-corrected chi connectivity index (χ2v) is 9.83. The summed E-state index contributed by atoms with van der Waals surface area (Å²) in [5.41, 5.74) is 0.381. The molecule has 0 atom stereocenters. The predicted molar refractivity (Wildman–Crippen MR) is 127 cm³/mol. The average Bonchev–Trinajstić information content (AvgIpc) is 2.76. The molecule has 0 fully saturated rings. The number of carbonyl (C=O) groups is 5. The molecule has 0 bridgehead atoms. The highest BCUT2D eigenvalue weighted by atomic mass is 16.6. The molecule has 0 spiro atoms. The molecule has 0 aromatic heterocycles. The minimum Gasteiger partial charge on any atom is -0.444 e. The van der Waals surface area contributed by atoms with Crippen LogP contribution < -0.4 is 5.32 Å². The minimum absolute atomic E-state index is 0.0127. The van der Waals surface area contributed by atoms with Crippen molar-refractivity contribution in [1.29, 1.82) is 0 Å². The molecule has 35 heavy (non-hydrogen) atoms. The Labute approximate surface area is 202 Å². The monoisotopic (exact) mass is 480 g/mol. The van der Waals surface area contributed by atoms with Crippen molar-refractivity contribution >= 4 is 40.5 Å². The summed E-state index contributed by atoms with van der Waals surface area (Å²) in [5.74, 6) is -1.99. The van der Waals surface area contributed by atoms with Crippen LogP contribution in [0.1, 0.15) is 62.2 Å². The first kappa shape index (κ1) is 24.3. The van der Waals surface area contributed by atoms with Gasteiger partial charge in [-0.1, -0.05) is 0 Å². The van der Waals surface area contributed by atoms with Crippen LogP contribution in [0.3, 0.4) is 0 Å². The fraction of sp³-hybridized carbons (Fsp3) is 0.400. The summed E-state index contributed by atoms with van der Waals surface area (Å²) >= 11 is 0. The average molecular weight is 481 g/mol. The topological polar surface area (TPSA) is 116 Å². The molecule has 0 aliphatic carbocycles. The molecular formula is C25H28N4O6. The van der Waals surface area contributed by atoms with Crippen molar-refractivity contribution in [1.82, 2.24) is 20.0 Å². The van der Waals surface area contributed by atoms with E-state index in [9.17, 15) is 24.0 Å². The van der Waals surface area contributed by atoms with Gasteiger partial charge in [-0.25, -0.2) is 4.79 Å². The molecule has 2 aliphatic heterocycles. The number of benzene rings is 2. The molecule has 2 aromatic rings. The van der Waals surface area contributed by atoms with Crippen LogP contribution >= 0.6 is 0 Å². The minimum atomic E-state index is -0.674.